The second kappa shape index (κ2) is 3.62. The molecule has 0 aromatic heterocycles. The van der Waals surface area contributed by atoms with Crippen molar-refractivity contribution in [3.63, 3.8) is 0 Å². The van der Waals surface area contributed by atoms with Gasteiger partial charge in [-0.15, -0.1) is 0 Å². The molecule has 2 heteroatoms. The fourth-order valence-corrected chi connectivity index (χ4v) is 2.60. The molecule has 0 saturated carbocycles. The lowest BCUT2D eigenvalue weighted by Crippen LogP contribution is -2.43. The highest BCUT2D eigenvalue weighted by molar-refractivity contribution is 5.31. The Labute approximate surface area is 90.8 Å². The summed E-state index contributed by atoms with van der Waals surface area (Å²) in [6.07, 6.45) is 2.96. The molecule has 1 saturated heterocycles. The van der Waals surface area contributed by atoms with Crippen LogP contribution in [-0.2, 0) is 11.2 Å². The first-order valence-corrected chi connectivity index (χ1v) is 5.82. The second-order valence-electron chi connectivity index (χ2n) is 4.57. The normalized spacial score (nSPS) is 30.7. The van der Waals surface area contributed by atoms with Gasteiger partial charge in [0.2, 0.25) is 0 Å². The van der Waals surface area contributed by atoms with Crippen molar-refractivity contribution < 1.29 is 4.74 Å². The van der Waals surface area contributed by atoms with Crippen LogP contribution in [0.5, 0.6) is 0 Å². The van der Waals surface area contributed by atoms with Crippen LogP contribution in [0.25, 0.3) is 0 Å². The van der Waals surface area contributed by atoms with E-state index in [9.17, 15) is 0 Å². The molecule has 2 atom stereocenters. The van der Waals surface area contributed by atoms with Crippen LogP contribution in [0, 0.1) is 0 Å². The molecule has 15 heavy (non-hydrogen) atoms. The van der Waals surface area contributed by atoms with Crippen molar-refractivity contribution in [1.82, 2.24) is 4.90 Å². The Kier molecular flexibility index (Phi) is 2.26. The number of nitrogens with zero attached hydrogens (tertiary/aromatic N) is 1. The molecule has 2 aliphatic heterocycles. The van der Waals surface area contributed by atoms with Crippen molar-refractivity contribution in [2.45, 2.75) is 32.1 Å². The van der Waals surface area contributed by atoms with Crippen molar-refractivity contribution >= 4 is 0 Å². The summed E-state index contributed by atoms with van der Waals surface area (Å²) in [4.78, 5) is 2.46. The standard InChI is InChI=1S/C13H17NO/c1-10-6-8-14-9-7-11-4-2-3-5-12(11)13(14)15-10/h2-5,10,13H,6-9H2,1H3/t10-,13+/m1/s1. The quantitative estimate of drug-likeness (QED) is 0.641. The first-order chi connectivity index (χ1) is 7.34. The lowest BCUT2D eigenvalue weighted by molar-refractivity contribution is -0.141. The van der Waals surface area contributed by atoms with E-state index in [1.165, 1.54) is 30.5 Å². The van der Waals surface area contributed by atoms with Crippen molar-refractivity contribution in [3.8, 4) is 0 Å². The molecular weight excluding hydrogens is 186 g/mol. The molecule has 2 nitrogen and oxygen atoms in total. The molecule has 1 aromatic rings. The molecule has 2 heterocycles. The van der Waals surface area contributed by atoms with Crippen molar-refractivity contribution in [2.75, 3.05) is 13.1 Å². The molecular formula is C13H17NO. The highest BCUT2D eigenvalue weighted by atomic mass is 16.5. The first kappa shape index (κ1) is 9.37. The Hall–Kier alpha value is -0.860. The average Bonchev–Trinajstić information content (AvgIpc) is 2.29. The van der Waals surface area contributed by atoms with Crippen LogP contribution < -0.4 is 0 Å². The molecule has 0 bridgehead atoms. The summed E-state index contributed by atoms with van der Waals surface area (Å²) in [5.74, 6) is 0. The van der Waals surface area contributed by atoms with Gasteiger partial charge in [-0.3, -0.25) is 4.90 Å². The van der Waals surface area contributed by atoms with E-state index in [1.807, 2.05) is 0 Å². The Bertz CT molecular complexity index is 363. The predicted molar refractivity (Wildman–Crippen MR) is 59.6 cm³/mol. The third kappa shape index (κ3) is 1.58. The summed E-state index contributed by atoms with van der Waals surface area (Å²) in [5, 5.41) is 0. The zero-order chi connectivity index (χ0) is 10.3. The minimum absolute atomic E-state index is 0.221. The van der Waals surface area contributed by atoms with Crippen molar-refractivity contribution in [2.24, 2.45) is 0 Å². The summed E-state index contributed by atoms with van der Waals surface area (Å²) in [5.41, 5.74) is 2.85. The van der Waals surface area contributed by atoms with Crippen molar-refractivity contribution in [3.05, 3.63) is 35.4 Å². The number of rotatable bonds is 0. The number of hydrogen-bond acceptors (Lipinski definition) is 2. The van der Waals surface area contributed by atoms with Gasteiger partial charge >= 0.3 is 0 Å². The smallest absolute Gasteiger partial charge is 0.137 e. The second-order valence-corrected chi connectivity index (χ2v) is 4.57. The summed E-state index contributed by atoms with van der Waals surface area (Å²) in [7, 11) is 0. The number of fused-ring (bicyclic) bond motifs is 3. The van der Waals surface area contributed by atoms with E-state index in [1.54, 1.807) is 0 Å². The molecule has 1 aromatic carbocycles. The van der Waals surface area contributed by atoms with Crippen LogP contribution in [-0.4, -0.2) is 24.1 Å². The molecule has 1 fully saturated rings. The van der Waals surface area contributed by atoms with E-state index < -0.39 is 0 Å². The lowest BCUT2D eigenvalue weighted by atomic mass is 9.96. The molecule has 0 spiro atoms. The van der Waals surface area contributed by atoms with E-state index in [2.05, 4.69) is 36.1 Å². The Morgan fingerprint density at radius 3 is 3.07 bits per heavy atom. The largest absolute Gasteiger partial charge is 0.356 e. The minimum atomic E-state index is 0.221. The summed E-state index contributed by atoms with van der Waals surface area (Å²) in [6, 6.07) is 8.69. The Balaban J connectivity index is 1.96. The van der Waals surface area contributed by atoms with E-state index in [-0.39, 0.29) is 6.23 Å². The number of benzene rings is 1. The van der Waals surface area contributed by atoms with Crippen molar-refractivity contribution in [1.29, 1.82) is 0 Å². The fraction of sp³-hybridized carbons (Fsp3) is 0.538. The van der Waals surface area contributed by atoms with Gasteiger partial charge in [0.1, 0.15) is 6.23 Å². The average molecular weight is 203 g/mol. The molecule has 2 aliphatic rings. The zero-order valence-corrected chi connectivity index (χ0v) is 9.15. The van der Waals surface area contributed by atoms with Crippen LogP contribution in [0.2, 0.25) is 0 Å². The van der Waals surface area contributed by atoms with Gasteiger partial charge in [0, 0.05) is 13.1 Å². The van der Waals surface area contributed by atoms with E-state index in [0.29, 0.717) is 6.10 Å². The van der Waals surface area contributed by atoms with Gasteiger partial charge in [0.15, 0.2) is 0 Å². The van der Waals surface area contributed by atoms with E-state index in [4.69, 9.17) is 4.74 Å². The molecule has 0 aliphatic carbocycles. The third-order valence-electron chi connectivity index (χ3n) is 3.51. The predicted octanol–water partition coefficient (Wildman–Crippen LogP) is 2.35. The van der Waals surface area contributed by atoms with Gasteiger partial charge in [0.05, 0.1) is 6.10 Å². The van der Waals surface area contributed by atoms with Gasteiger partial charge in [0.25, 0.3) is 0 Å². The summed E-state index contributed by atoms with van der Waals surface area (Å²) in [6.45, 7) is 4.50. The SMILES string of the molecule is C[C@@H]1CCN2CCc3ccccc3[C@@H]2O1. The van der Waals surface area contributed by atoms with Crippen LogP contribution >= 0.6 is 0 Å². The Morgan fingerprint density at radius 2 is 2.13 bits per heavy atom. The van der Waals surface area contributed by atoms with Gasteiger partial charge in [-0.25, -0.2) is 0 Å². The van der Waals surface area contributed by atoms with Crippen LogP contribution in [0.3, 0.4) is 0 Å². The summed E-state index contributed by atoms with van der Waals surface area (Å²) < 4.78 is 6.04. The maximum Gasteiger partial charge on any atom is 0.137 e. The van der Waals surface area contributed by atoms with Gasteiger partial charge in [-0.1, -0.05) is 24.3 Å². The molecule has 80 valence electrons. The fourth-order valence-electron chi connectivity index (χ4n) is 2.60. The maximum atomic E-state index is 6.04. The minimum Gasteiger partial charge on any atom is -0.356 e. The van der Waals surface area contributed by atoms with Gasteiger partial charge < -0.3 is 4.74 Å². The molecule has 0 amide bonds. The van der Waals surface area contributed by atoms with E-state index in [0.717, 1.165) is 6.54 Å². The monoisotopic (exact) mass is 203 g/mol. The number of ether oxygens (including phenoxy) is 1. The van der Waals surface area contributed by atoms with Gasteiger partial charge in [-0.05, 0) is 30.9 Å². The number of hydrogen-bond donors (Lipinski definition) is 0. The lowest BCUT2D eigenvalue weighted by Gasteiger charge is -2.42. The maximum absolute atomic E-state index is 6.04. The Morgan fingerprint density at radius 1 is 1.27 bits per heavy atom. The molecule has 0 unspecified atom stereocenters. The molecule has 0 N–H and O–H groups in total. The highest BCUT2D eigenvalue weighted by Gasteiger charge is 2.32. The first-order valence-electron chi connectivity index (χ1n) is 5.82. The van der Waals surface area contributed by atoms with Crippen LogP contribution in [0.15, 0.2) is 24.3 Å². The molecule has 0 radical (unpaired) electrons. The van der Waals surface area contributed by atoms with E-state index >= 15 is 0 Å². The van der Waals surface area contributed by atoms with Crippen LogP contribution in [0.4, 0.5) is 0 Å². The highest BCUT2D eigenvalue weighted by Crippen LogP contribution is 2.34. The molecule has 3 rings (SSSR count). The van der Waals surface area contributed by atoms with Gasteiger partial charge in [-0.2, -0.15) is 0 Å². The topological polar surface area (TPSA) is 12.5 Å². The van der Waals surface area contributed by atoms with Crippen LogP contribution in [0.1, 0.15) is 30.7 Å². The third-order valence-corrected chi connectivity index (χ3v) is 3.51. The zero-order valence-electron chi connectivity index (χ0n) is 9.15. The summed E-state index contributed by atoms with van der Waals surface area (Å²) >= 11 is 0.